The fraction of sp³-hybridized carbons (Fsp3) is 0.500. The molecular formula is C14H18ClFN2O. The van der Waals surface area contributed by atoms with Gasteiger partial charge in [0.1, 0.15) is 5.82 Å². The lowest BCUT2D eigenvalue weighted by Crippen LogP contribution is -2.31. The van der Waals surface area contributed by atoms with Gasteiger partial charge in [-0.1, -0.05) is 6.07 Å². The monoisotopic (exact) mass is 284 g/mol. The number of hydrogen-bond donors (Lipinski definition) is 1. The maximum Gasteiger partial charge on any atom is 0.227 e. The first-order valence-electron chi connectivity index (χ1n) is 6.53. The van der Waals surface area contributed by atoms with E-state index in [0.717, 1.165) is 37.2 Å². The topological polar surface area (TPSA) is 32.3 Å². The molecule has 1 N–H and O–H groups in total. The number of nitrogens with one attached hydrogen (secondary N) is 1. The summed E-state index contributed by atoms with van der Waals surface area (Å²) < 4.78 is 13.3. The molecule has 0 spiro atoms. The van der Waals surface area contributed by atoms with Gasteiger partial charge in [0.05, 0.1) is 0 Å². The zero-order valence-corrected chi connectivity index (χ0v) is 11.5. The van der Waals surface area contributed by atoms with Crippen LogP contribution in [-0.2, 0) is 11.2 Å². The lowest BCUT2D eigenvalue weighted by atomic mass is 10.0. The first-order valence-corrected chi connectivity index (χ1v) is 6.53. The lowest BCUT2D eigenvalue weighted by Gasteiger charge is -2.19. The van der Waals surface area contributed by atoms with Gasteiger partial charge in [-0.05, 0) is 49.5 Å². The van der Waals surface area contributed by atoms with Crippen LogP contribution in [0.5, 0.6) is 0 Å². The van der Waals surface area contributed by atoms with E-state index in [9.17, 15) is 9.18 Å². The first-order chi connectivity index (χ1) is 8.74. The molecule has 1 atom stereocenters. The van der Waals surface area contributed by atoms with E-state index in [0.29, 0.717) is 18.9 Å². The largest absolute Gasteiger partial charge is 0.316 e. The molecule has 0 saturated carbocycles. The van der Waals surface area contributed by atoms with Crippen LogP contribution in [0.15, 0.2) is 18.2 Å². The summed E-state index contributed by atoms with van der Waals surface area (Å²) in [5.41, 5.74) is 1.85. The van der Waals surface area contributed by atoms with Crippen LogP contribution >= 0.6 is 12.4 Å². The Morgan fingerprint density at radius 3 is 3.05 bits per heavy atom. The Bertz CT molecular complexity index is 475. The lowest BCUT2D eigenvalue weighted by molar-refractivity contribution is -0.119. The highest BCUT2D eigenvalue weighted by atomic mass is 35.5. The molecule has 1 saturated heterocycles. The van der Waals surface area contributed by atoms with E-state index in [2.05, 4.69) is 5.32 Å². The van der Waals surface area contributed by atoms with E-state index in [1.165, 1.54) is 12.1 Å². The minimum absolute atomic E-state index is 0. The number of carbonyl (C=O) groups is 1. The summed E-state index contributed by atoms with van der Waals surface area (Å²) in [6.07, 6.45) is 2.48. The van der Waals surface area contributed by atoms with Gasteiger partial charge in [-0.15, -0.1) is 12.4 Å². The van der Waals surface area contributed by atoms with Crippen molar-refractivity contribution < 1.29 is 9.18 Å². The van der Waals surface area contributed by atoms with Crippen molar-refractivity contribution in [2.45, 2.75) is 19.3 Å². The van der Waals surface area contributed by atoms with Crippen molar-refractivity contribution in [3.8, 4) is 0 Å². The van der Waals surface area contributed by atoms with E-state index < -0.39 is 0 Å². The normalized spacial score (nSPS) is 21.1. The number of fused-ring (bicyclic) bond motifs is 1. The summed E-state index contributed by atoms with van der Waals surface area (Å²) >= 11 is 0. The predicted octanol–water partition coefficient (Wildman–Crippen LogP) is 2.14. The van der Waals surface area contributed by atoms with Crippen molar-refractivity contribution in [1.82, 2.24) is 5.32 Å². The number of amides is 1. The first kappa shape index (κ1) is 14.3. The Balaban J connectivity index is 0.00000133. The Morgan fingerprint density at radius 1 is 1.47 bits per heavy atom. The van der Waals surface area contributed by atoms with Crippen LogP contribution in [0.25, 0.3) is 0 Å². The SMILES string of the molecule is Cl.O=C(CC1CCNC1)N1CCc2ccc(F)cc21. The molecule has 3 nitrogen and oxygen atoms in total. The Kier molecular flexibility index (Phi) is 4.42. The second-order valence-electron chi connectivity index (χ2n) is 5.13. The molecule has 0 aliphatic carbocycles. The fourth-order valence-electron chi connectivity index (χ4n) is 2.86. The third-order valence-electron chi connectivity index (χ3n) is 3.87. The van der Waals surface area contributed by atoms with Crippen molar-refractivity contribution in [2.24, 2.45) is 5.92 Å². The van der Waals surface area contributed by atoms with Gasteiger partial charge in [0, 0.05) is 18.7 Å². The van der Waals surface area contributed by atoms with Gasteiger partial charge in [-0.25, -0.2) is 4.39 Å². The Hall–Kier alpha value is -1.13. The number of nitrogens with zero attached hydrogens (tertiary/aromatic N) is 1. The maximum absolute atomic E-state index is 13.3. The average Bonchev–Trinajstić information content (AvgIpc) is 2.97. The zero-order valence-electron chi connectivity index (χ0n) is 10.7. The van der Waals surface area contributed by atoms with Crippen LogP contribution in [0, 0.1) is 11.7 Å². The van der Waals surface area contributed by atoms with E-state index in [-0.39, 0.29) is 24.1 Å². The summed E-state index contributed by atoms with van der Waals surface area (Å²) in [5.74, 6) is 0.305. The van der Waals surface area contributed by atoms with Crippen molar-refractivity contribution in [3.63, 3.8) is 0 Å². The second-order valence-corrected chi connectivity index (χ2v) is 5.13. The summed E-state index contributed by atoms with van der Waals surface area (Å²) in [6.45, 7) is 2.62. The van der Waals surface area contributed by atoms with E-state index in [4.69, 9.17) is 0 Å². The Labute approximate surface area is 118 Å². The molecule has 19 heavy (non-hydrogen) atoms. The van der Waals surface area contributed by atoms with Crippen molar-refractivity contribution in [2.75, 3.05) is 24.5 Å². The van der Waals surface area contributed by atoms with E-state index in [1.807, 2.05) is 0 Å². The predicted molar refractivity (Wildman–Crippen MR) is 75.3 cm³/mol. The van der Waals surface area contributed by atoms with Gasteiger partial charge in [-0.3, -0.25) is 4.79 Å². The summed E-state index contributed by atoms with van der Waals surface area (Å²) in [5, 5.41) is 3.27. The smallest absolute Gasteiger partial charge is 0.227 e. The molecule has 1 unspecified atom stereocenters. The number of hydrogen-bond acceptors (Lipinski definition) is 2. The summed E-state index contributed by atoms with van der Waals surface area (Å²) in [6, 6.07) is 4.73. The third kappa shape index (κ3) is 2.90. The molecule has 1 fully saturated rings. The second kappa shape index (κ2) is 5.88. The minimum atomic E-state index is -0.268. The van der Waals surface area contributed by atoms with Crippen LogP contribution < -0.4 is 10.2 Å². The zero-order chi connectivity index (χ0) is 12.5. The molecule has 0 radical (unpaired) electrons. The number of carbonyl (C=O) groups excluding carboxylic acids is 1. The summed E-state index contributed by atoms with van der Waals surface area (Å²) in [4.78, 5) is 14.0. The molecule has 5 heteroatoms. The van der Waals surface area contributed by atoms with E-state index >= 15 is 0 Å². The molecule has 2 heterocycles. The molecule has 3 rings (SSSR count). The average molecular weight is 285 g/mol. The molecule has 1 aromatic carbocycles. The molecule has 1 aromatic rings. The van der Waals surface area contributed by atoms with Crippen molar-refractivity contribution in [1.29, 1.82) is 0 Å². The van der Waals surface area contributed by atoms with Crippen LogP contribution in [0.1, 0.15) is 18.4 Å². The highest BCUT2D eigenvalue weighted by molar-refractivity contribution is 5.95. The van der Waals surface area contributed by atoms with Gasteiger partial charge in [0.15, 0.2) is 0 Å². The van der Waals surface area contributed by atoms with Gasteiger partial charge in [-0.2, -0.15) is 0 Å². The van der Waals surface area contributed by atoms with E-state index in [1.54, 1.807) is 11.0 Å². The standard InChI is InChI=1S/C14H17FN2O.ClH/c15-12-2-1-11-4-6-17(13(11)8-12)14(18)7-10-3-5-16-9-10;/h1-2,8,10,16H,3-7,9H2;1H. The highest BCUT2D eigenvalue weighted by Crippen LogP contribution is 2.30. The molecule has 104 valence electrons. The van der Waals surface area contributed by atoms with Crippen LogP contribution in [0.2, 0.25) is 0 Å². The van der Waals surface area contributed by atoms with Gasteiger partial charge in [0.2, 0.25) is 5.91 Å². The molecule has 0 bridgehead atoms. The third-order valence-corrected chi connectivity index (χ3v) is 3.87. The van der Waals surface area contributed by atoms with Crippen molar-refractivity contribution in [3.05, 3.63) is 29.6 Å². The number of halogens is 2. The molecular weight excluding hydrogens is 267 g/mol. The maximum atomic E-state index is 13.3. The number of benzene rings is 1. The van der Waals surface area contributed by atoms with Crippen LogP contribution in [-0.4, -0.2) is 25.5 Å². The molecule has 1 amide bonds. The van der Waals surface area contributed by atoms with Crippen molar-refractivity contribution >= 4 is 24.0 Å². The van der Waals surface area contributed by atoms with Gasteiger partial charge >= 0.3 is 0 Å². The summed E-state index contributed by atoms with van der Waals surface area (Å²) in [7, 11) is 0. The Morgan fingerprint density at radius 2 is 2.32 bits per heavy atom. The molecule has 2 aliphatic heterocycles. The van der Waals surface area contributed by atoms with Gasteiger partial charge in [0.25, 0.3) is 0 Å². The molecule has 2 aliphatic rings. The van der Waals surface area contributed by atoms with Gasteiger partial charge < -0.3 is 10.2 Å². The molecule has 0 aromatic heterocycles. The quantitative estimate of drug-likeness (QED) is 0.902. The van der Waals surface area contributed by atoms with Crippen LogP contribution in [0.4, 0.5) is 10.1 Å². The number of rotatable bonds is 2. The highest BCUT2D eigenvalue weighted by Gasteiger charge is 2.27. The van der Waals surface area contributed by atoms with Crippen LogP contribution in [0.3, 0.4) is 0 Å². The number of anilines is 1. The fourth-order valence-corrected chi connectivity index (χ4v) is 2.86. The minimum Gasteiger partial charge on any atom is -0.316 e.